The molecular formula is C18H22N5+. The number of aromatic nitrogens is 2. The van der Waals surface area contributed by atoms with Gasteiger partial charge in [0.05, 0.1) is 16.0 Å². The van der Waals surface area contributed by atoms with Gasteiger partial charge in [0, 0.05) is 26.8 Å². The summed E-state index contributed by atoms with van der Waals surface area (Å²) in [5, 5.41) is 9.97. The molecule has 2 aromatic carbocycles. The molecule has 0 amide bonds. The molecule has 0 aliphatic rings. The summed E-state index contributed by atoms with van der Waals surface area (Å²) < 4.78 is 4.10. The van der Waals surface area contributed by atoms with Crippen LogP contribution in [0.5, 0.6) is 0 Å². The van der Waals surface area contributed by atoms with E-state index in [0.717, 1.165) is 22.3 Å². The molecule has 0 aliphatic carbocycles. The van der Waals surface area contributed by atoms with E-state index < -0.39 is 0 Å². The molecule has 3 rings (SSSR count). The number of hydrogen-bond donors (Lipinski definition) is 0. The second-order valence-electron chi connectivity index (χ2n) is 5.85. The summed E-state index contributed by atoms with van der Waals surface area (Å²) in [6.45, 7) is 0.580. The number of para-hydroxylation sites is 1. The van der Waals surface area contributed by atoms with Crippen LogP contribution < -0.4 is 9.58 Å². The van der Waals surface area contributed by atoms with E-state index in [4.69, 9.17) is 0 Å². The Hall–Kier alpha value is -2.69. The maximum absolute atomic E-state index is 4.46. The molecular weight excluding hydrogens is 286 g/mol. The predicted molar refractivity (Wildman–Crippen MR) is 93.1 cm³/mol. The number of rotatable bonds is 4. The van der Waals surface area contributed by atoms with Gasteiger partial charge in [-0.15, -0.1) is 0 Å². The average Bonchev–Trinajstić information content (AvgIpc) is 2.81. The van der Waals surface area contributed by atoms with Gasteiger partial charge in [-0.3, -0.25) is 0 Å². The molecule has 0 saturated carbocycles. The minimum Gasteiger partial charge on any atom is -0.378 e. The topological polar surface area (TPSA) is 36.8 Å². The molecule has 118 valence electrons. The van der Waals surface area contributed by atoms with Gasteiger partial charge in [0.25, 0.3) is 0 Å². The number of anilines is 1. The highest BCUT2D eigenvalue weighted by Gasteiger charge is 2.18. The molecule has 23 heavy (non-hydrogen) atoms. The van der Waals surface area contributed by atoms with E-state index >= 15 is 0 Å². The van der Waals surface area contributed by atoms with Gasteiger partial charge in [-0.05, 0) is 29.8 Å². The summed E-state index contributed by atoms with van der Waals surface area (Å²) >= 11 is 0. The lowest BCUT2D eigenvalue weighted by atomic mass is 10.2. The molecule has 0 spiro atoms. The second kappa shape index (κ2) is 6.20. The van der Waals surface area contributed by atoms with Crippen LogP contribution in [0.15, 0.2) is 58.8 Å². The normalized spacial score (nSPS) is 11.5. The standard InChI is InChI=1S/C18H22N5/c1-21(2)15-11-9-14(10-12-15)13-19-20-18-16-7-5-6-8-17(16)22(3)23(18)4/h5-12H,13H2,1-4H3/q+1. The zero-order valence-corrected chi connectivity index (χ0v) is 14.1. The molecule has 1 heterocycles. The van der Waals surface area contributed by atoms with Crippen molar-refractivity contribution < 1.29 is 4.68 Å². The molecule has 0 N–H and O–H groups in total. The molecule has 0 unspecified atom stereocenters. The number of aryl methyl sites for hydroxylation is 1. The fourth-order valence-electron chi connectivity index (χ4n) is 2.62. The van der Waals surface area contributed by atoms with Crippen molar-refractivity contribution in [1.29, 1.82) is 0 Å². The molecule has 5 nitrogen and oxygen atoms in total. The third-order valence-electron chi connectivity index (χ3n) is 4.12. The molecule has 0 saturated heterocycles. The van der Waals surface area contributed by atoms with Gasteiger partial charge in [0.1, 0.15) is 13.6 Å². The highest BCUT2D eigenvalue weighted by Crippen LogP contribution is 2.23. The average molecular weight is 308 g/mol. The Labute approximate surface area is 136 Å². The van der Waals surface area contributed by atoms with Crippen LogP contribution in [0.2, 0.25) is 0 Å². The van der Waals surface area contributed by atoms with Crippen molar-refractivity contribution in [2.24, 2.45) is 24.3 Å². The SMILES string of the molecule is CN(C)c1ccc(CN=Nc2c3ccccc3n(C)[n+]2C)cc1. The van der Waals surface area contributed by atoms with E-state index in [1.165, 1.54) is 5.69 Å². The smallest absolute Gasteiger partial charge is 0.377 e. The monoisotopic (exact) mass is 308 g/mol. The van der Waals surface area contributed by atoms with Gasteiger partial charge in [0.15, 0.2) is 0 Å². The molecule has 0 bridgehead atoms. The first-order chi connectivity index (χ1) is 11.1. The van der Waals surface area contributed by atoms with Gasteiger partial charge in [-0.1, -0.05) is 29.4 Å². The van der Waals surface area contributed by atoms with Crippen molar-refractivity contribution in [2.75, 3.05) is 19.0 Å². The molecule has 0 radical (unpaired) electrons. The maximum Gasteiger partial charge on any atom is 0.377 e. The van der Waals surface area contributed by atoms with Crippen molar-refractivity contribution in [1.82, 2.24) is 4.68 Å². The van der Waals surface area contributed by atoms with Crippen LogP contribution >= 0.6 is 0 Å². The van der Waals surface area contributed by atoms with E-state index in [0.29, 0.717) is 6.54 Å². The first kappa shape index (κ1) is 15.2. The Morgan fingerprint density at radius 3 is 2.43 bits per heavy atom. The summed E-state index contributed by atoms with van der Waals surface area (Å²) in [5.74, 6) is 0.882. The number of fused-ring (bicyclic) bond motifs is 1. The summed E-state index contributed by atoms with van der Waals surface area (Å²) in [6.07, 6.45) is 0. The van der Waals surface area contributed by atoms with E-state index in [9.17, 15) is 0 Å². The molecule has 3 aromatic rings. The Morgan fingerprint density at radius 2 is 1.74 bits per heavy atom. The summed E-state index contributed by atoms with van der Waals surface area (Å²) in [6, 6.07) is 16.6. The number of nitrogens with zero attached hydrogens (tertiary/aromatic N) is 5. The number of azo groups is 1. The molecule has 0 aliphatic heterocycles. The zero-order valence-electron chi connectivity index (χ0n) is 14.1. The lowest BCUT2D eigenvalue weighted by Gasteiger charge is -2.11. The molecule has 1 aromatic heterocycles. The lowest BCUT2D eigenvalue weighted by Crippen LogP contribution is -2.36. The maximum atomic E-state index is 4.46. The first-order valence-corrected chi connectivity index (χ1v) is 7.65. The van der Waals surface area contributed by atoms with Crippen LogP contribution in [0, 0.1) is 0 Å². The highest BCUT2D eigenvalue weighted by atomic mass is 15.4. The Balaban J connectivity index is 1.82. The van der Waals surface area contributed by atoms with Gasteiger partial charge in [-0.2, -0.15) is 4.68 Å². The lowest BCUT2D eigenvalue weighted by molar-refractivity contribution is -0.737. The minimum atomic E-state index is 0.580. The molecule has 0 atom stereocenters. The summed E-state index contributed by atoms with van der Waals surface area (Å²) in [4.78, 5) is 2.08. The van der Waals surface area contributed by atoms with E-state index in [1.807, 2.05) is 45.0 Å². The largest absolute Gasteiger partial charge is 0.378 e. The van der Waals surface area contributed by atoms with Gasteiger partial charge >= 0.3 is 5.82 Å². The van der Waals surface area contributed by atoms with Crippen LogP contribution in [0.1, 0.15) is 5.56 Å². The number of benzene rings is 2. The van der Waals surface area contributed by atoms with Crippen LogP contribution in [-0.2, 0) is 20.6 Å². The third-order valence-corrected chi connectivity index (χ3v) is 4.12. The van der Waals surface area contributed by atoms with E-state index in [1.54, 1.807) is 0 Å². The summed E-state index contributed by atoms with van der Waals surface area (Å²) in [5.41, 5.74) is 3.49. The predicted octanol–water partition coefficient (Wildman–Crippen LogP) is 3.35. The Kier molecular flexibility index (Phi) is 4.10. The zero-order chi connectivity index (χ0) is 16.4. The highest BCUT2D eigenvalue weighted by molar-refractivity contribution is 5.86. The van der Waals surface area contributed by atoms with Crippen molar-refractivity contribution >= 4 is 22.4 Å². The first-order valence-electron chi connectivity index (χ1n) is 7.65. The van der Waals surface area contributed by atoms with Crippen molar-refractivity contribution in [2.45, 2.75) is 6.54 Å². The fourth-order valence-corrected chi connectivity index (χ4v) is 2.62. The van der Waals surface area contributed by atoms with E-state index in [2.05, 4.69) is 56.2 Å². The van der Waals surface area contributed by atoms with Crippen molar-refractivity contribution in [3.05, 3.63) is 54.1 Å². The quantitative estimate of drug-likeness (QED) is 0.538. The Bertz CT molecular complexity index is 844. The van der Waals surface area contributed by atoms with E-state index in [-0.39, 0.29) is 0 Å². The van der Waals surface area contributed by atoms with Gasteiger partial charge in [0.2, 0.25) is 0 Å². The molecule has 0 fully saturated rings. The third kappa shape index (κ3) is 2.95. The van der Waals surface area contributed by atoms with Gasteiger partial charge < -0.3 is 4.90 Å². The summed E-state index contributed by atoms with van der Waals surface area (Å²) in [7, 11) is 8.10. The molecule has 5 heteroatoms. The van der Waals surface area contributed by atoms with Crippen molar-refractivity contribution in [3.63, 3.8) is 0 Å². The van der Waals surface area contributed by atoms with Gasteiger partial charge in [-0.25, -0.2) is 4.68 Å². The Morgan fingerprint density at radius 1 is 1.04 bits per heavy atom. The van der Waals surface area contributed by atoms with Crippen LogP contribution in [0.3, 0.4) is 0 Å². The number of hydrogen-bond acceptors (Lipinski definition) is 3. The minimum absolute atomic E-state index is 0.580. The van der Waals surface area contributed by atoms with Crippen LogP contribution in [0.25, 0.3) is 10.9 Å². The second-order valence-corrected chi connectivity index (χ2v) is 5.85. The fraction of sp³-hybridized carbons (Fsp3) is 0.278. The van der Waals surface area contributed by atoms with Crippen molar-refractivity contribution in [3.8, 4) is 0 Å². The van der Waals surface area contributed by atoms with Crippen LogP contribution in [-0.4, -0.2) is 18.8 Å². The van der Waals surface area contributed by atoms with Crippen LogP contribution in [0.4, 0.5) is 11.5 Å².